The average molecular weight is 262 g/mol. The van der Waals surface area contributed by atoms with Gasteiger partial charge in [0.15, 0.2) is 5.13 Å². The van der Waals surface area contributed by atoms with Crippen molar-refractivity contribution >= 4 is 22.4 Å². The minimum atomic E-state index is -0.941. The summed E-state index contributed by atoms with van der Waals surface area (Å²) >= 11 is 1.15. The van der Waals surface area contributed by atoms with Gasteiger partial charge in [-0.25, -0.2) is 9.78 Å². The fourth-order valence-electron chi connectivity index (χ4n) is 1.83. The third kappa shape index (κ3) is 2.22. The molecule has 0 spiro atoms. The maximum atomic E-state index is 11.2. The number of carboxylic acids is 1. The highest BCUT2D eigenvalue weighted by atomic mass is 32.1. The van der Waals surface area contributed by atoms with Gasteiger partial charge in [-0.1, -0.05) is 35.1 Å². The molecule has 1 heterocycles. The molecule has 0 unspecified atom stereocenters. The summed E-state index contributed by atoms with van der Waals surface area (Å²) in [5, 5.41) is 12.7. The molecule has 0 aliphatic carbocycles. The molecule has 5 heteroatoms. The second-order valence-electron chi connectivity index (χ2n) is 4.07. The highest BCUT2D eigenvalue weighted by Gasteiger charge is 2.19. The van der Waals surface area contributed by atoms with Crippen molar-refractivity contribution in [2.45, 2.75) is 13.8 Å². The van der Waals surface area contributed by atoms with E-state index in [1.165, 1.54) is 0 Å². The largest absolute Gasteiger partial charge is 0.477 e. The molecular weight excluding hydrogens is 248 g/mol. The van der Waals surface area contributed by atoms with Crippen LogP contribution >= 0.6 is 11.3 Å². The van der Waals surface area contributed by atoms with E-state index in [1.54, 1.807) is 7.05 Å². The fraction of sp³-hybridized carbons (Fsp3) is 0.231. The Bertz CT molecular complexity index is 605. The number of hydrogen-bond donors (Lipinski definition) is 2. The van der Waals surface area contributed by atoms with E-state index in [2.05, 4.69) is 10.3 Å². The van der Waals surface area contributed by atoms with Gasteiger partial charge in [0.1, 0.15) is 4.88 Å². The van der Waals surface area contributed by atoms with Crippen LogP contribution in [0.25, 0.3) is 11.3 Å². The van der Waals surface area contributed by atoms with Gasteiger partial charge in [-0.3, -0.25) is 0 Å². The average Bonchev–Trinajstić information content (AvgIpc) is 2.73. The lowest BCUT2D eigenvalue weighted by molar-refractivity contribution is 0.0702. The van der Waals surface area contributed by atoms with Gasteiger partial charge >= 0.3 is 5.97 Å². The molecular formula is C13H14N2O2S. The number of thiazole rings is 1. The molecule has 0 saturated heterocycles. The van der Waals surface area contributed by atoms with Crippen molar-refractivity contribution in [3.8, 4) is 11.3 Å². The lowest BCUT2D eigenvalue weighted by atomic mass is 10.0. The molecule has 0 fully saturated rings. The first-order valence-corrected chi connectivity index (χ1v) is 6.34. The van der Waals surface area contributed by atoms with Gasteiger partial charge in [0.05, 0.1) is 5.69 Å². The summed E-state index contributed by atoms with van der Waals surface area (Å²) < 4.78 is 0. The first-order valence-electron chi connectivity index (χ1n) is 5.52. The summed E-state index contributed by atoms with van der Waals surface area (Å²) in [6.07, 6.45) is 0. The van der Waals surface area contributed by atoms with Crippen LogP contribution in [-0.2, 0) is 0 Å². The van der Waals surface area contributed by atoms with E-state index in [1.807, 2.05) is 32.0 Å². The predicted molar refractivity (Wildman–Crippen MR) is 73.5 cm³/mol. The van der Waals surface area contributed by atoms with Gasteiger partial charge < -0.3 is 10.4 Å². The van der Waals surface area contributed by atoms with Gasteiger partial charge in [-0.15, -0.1) is 0 Å². The Labute approximate surface area is 109 Å². The minimum absolute atomic E-state index is 0.270. The zero-order valence-electron chi connectivity index (χ0n) is 10.4. The molecule has 1 aromatic heterocycles. The van der Waals surface area contributed by atoms with Crippen molar-refractivity contribution in [1.29, 1.82) is 0 Å². The maximum Gasteiger partial charge on any atom is 0.348 e. The highest BCUT2D eigenvalue weighted by molar-refractivity contribution is 7.17. The molecule has 2 N–H and O–H groups in total. The number of nitrogens with zero attached hydrogens (tertiary/aromatic N) is 1. The topological polar surface area (TPSA) is 62.2 Å². The van der Waals surface area contributed by atoms with E-state index in [-0.39, 0.29) is 4.88 Å². The van der Waals surface area contributed by atoms with E-state index < -0.39 is 5.97 Å². The smallest absolute Gasteiger partial charge is 0.348 e. The van der Waals surface area contributed by atoms with Crippen LogP contribution in [0.2, 0.25) is 0 Å². The number of anilines is 1. The monoisotopic (exact) mass is 262 g/mol. The fourth-order valence-corrected chi connectivity index (χ4v) is 2.61. The van der Waals surface area contributed by atoms with E-state index in [4.69, 9.17) is 0 Å². The second kappa shape index (κ2) is 4.78. The third-order valence-corrected chi connectivity index (χ3v) is 3.73. The first kappa shape index (κ1) is 12.6. The first-order chi connectivity index (χ1) is 8.52. The molecule has 18 heavy (non-hydrogen) atoms. The molecule has 1 aromatic carbocycles. The third-order valence-electron chi connectivity index (χ3n) is 2.67. The van der Waals surface area contributed by atoms with Gasteiger partial charge in [-0.05, 0) is 19.4 Å². The summed E-state index contributed by atoms with van der Waals surface area (Å²) in [7, 11) is 1.73. The second-order valence-corrected chi connectivity index (χ2v) is 5.07. The van der Waals surface area contributed by atoms with E-state index in [9.17, 15) is 9.90 Å². The Morgan fingerprint density at radius 1 is 1.39 bits per heavy atom. The van der Waals surface area contributed by atoms with E-state index in [0.29, 0.717) is 10.8 Å². The number of carboxylic acid groups (broad SMARTS) is 1. The number of carbonyl (C=O) groups is 1. The zero-order chi connectivity index (χ0) is 13.3. The minimum Gasteiger partial charge on any atom is -0.477 e. The van der Waals surface area contributed by atoms with Crippen molar-refractivity contribution in [2.24, 2.45) is 0 Å². The molecule has 0 radical (unpaired) electrons. The molecule has 0 atom stereocenters. The van der Waals surface area contributed by atoms with E-state index >= 15 is 0 Å². The molecule has 0 aliphatic heterocycles. The highest BCUT2D eigenvalue weighted by Crippen LogP contribution is 2.33. The molecule has 0 saturated carbocycles. The van der Waals surface area contributed by atoms with Crippen LogP contribution < -0.4 is 5.32 Å². The van der Waals surface area contributed by atoms with Crippen LogP contribution in [0, 0.1) is 13.8 Å². The molecule has 2 rings (SSSR count). The summed E-state index contributed by atoms with van der Waals surface area (Å²) in [4.78, 5) is 15.9. The Balaban J connectivity index is 2.62. The van der Waals surface area contributed by atoms with E-state index in [0.717, 1.165) is 28.0 Å². The molecule has 2 aromatic rings. The Morgan fingerprint density at radius 3 is 2.67 bits per heavy atom. The van der Waals surface area contributed by atoms with Crippen molar-refractivity contribution in [3.63, 3.8) is 0 Å². The number of benzene rings is 1. The summed E-state index contributed by atoms with van der Waals surface area (Å²) in [6.45, 7) is 3.97. The molecule has 0 aliphatic rings. The Kier molecular flexibility index (Phi) is 3.34. The van der Waals surface area contributed by atoms with Crippen LogP contribution in [-0.4, -0.2) is 23.1 Å². The zero-order valence-corrected chi connectivity index (χ0v) is 11.3. The molecule has 4 nitrogen and oxygen atoms in total. The quantitative estimate of drug-likeness (QED) is 0.892. The number of rotatable bonds is 3. The van der Waals surface area contributed by atoms with Crippen LogP contribution in [0.3, 0.4) is 0 Å². The number of nitrogens with one attached hydrogen (secondary N) is 1. The summed E-state index contributed by atoms with van der Waals surface area (Å²) in [5.74, 6) is -0.941. The van der Waals surface area contributed by atoms with Crippen molar-refractivity contribution < 1.29 is 9.90 Å². The number of aromatic nitrogens is 1. The Morgan fingerprint density at radius 2 is 2.11 bits per heavy atom. The van der Waals surface area contributed by atoms with Gasteiger partial charge in [0, 0.05) is 12.6 Å². The number of aromatic carboxylic acids is 1. The molecule has 0 amide bonds. The van der Waals surface area contributed by atoms with Crippen LogP contribution in [0.5, 0.6) is 0 Å². The maximum absolute atomic E-state index is 11.2. The van der Waals surface area contributed by atoms with Crippen molar-refractivity contribution in [3.05, 3.63) is 34.2 Å². The summed E-state index contributed by atoms with van der Waals surface area (Å²) in [6, 6.07) is 5.91. The molecule has 0 bridgehead atoms. The lowest BCUT2D eigenvalue weighted by Gasteiger charge is -2.05. The number of hydrogen-bond acceptors (Lipinski definition) is 4. The lowest BCUT2D eigenvalue weighted by Crippen LogP contribution is -1.96. The standard InChI is InChI=1S/C13H14N2O2S/c1-7-4-5-9(8(2)6-7)10-11(12(16)17)18-13(14-3)15-10/h4-6H,1-3H3,(H,14,15)(H,16,17). The number of aryl methyl sites for hydroxylation is 2. The Hall–Kier alpha value is -1.88. The van der Waals surface area contributed by atoms with Gasteiger partial charge in [-0.2, -0.15) is 0 Å². The predicted octanol–water partition coefficient (Wildman–Crippen LogP) is 3.17. The molecule has 94 valence electrons. The van der Waals surface area contributed by atoms with Gasteiger partial charge in [0.2, 0.25) is 0 Å². The van der Waals surface area contributed by atoms with Gasteiger partial charge in [0.25, 0.3) is 0 Å². The van der Waals surface area contributed by atoms with Crippen LogP contribution in [0.4, 0.5) is 5.13 Å². The van der Waals surface area contributed by atoms with Crippen molar-refractivity contribution in [1.82, 2.24) is 4.98 Å². The van der Waals surface area contributed by atoms with Crippen molar-refractivity contribution in [2.75, 3.05) is 12.4 Å². The SMILES string of the molecule is CNc1nc(-c2ccc(C)cc2C)c(C(=O)O)s1. The normalized spacial score (nSPS) is 10.4. The van der Waals surface area contributed by atoms with Crippen LogP contribution in [0.1, 0.15) is 20.8 Å². The summed E-state index contributed by atoms with van der Waals surface area (Å²) in [5.41, 5.74) is 3.59. The van der Waals surface area contributed by atoms with Crippen LogP contribution in [0.15, 0.2) is 18.2 Å².